The van der Waals surface area contributed by atoms with Crippen LogP contribution in [0.5, 0.6) is 5.75 Å². The van der Waals surface area contributed by atoms with Crippen LogP contribution in [0.3, 0.4) is 0 Å². The van der Waals surface area contributed by atoms with Crippen LogP contribution < -0.4 is 4.18 Å². The predicted octanol–water partition coefficient (Wildman–Crippen LogP) is 6.24. The van der Waals surface area contributed by atoms with Crippen molar-refractivity contribution in [3.05, 3.63) is 135 Å². The molecule has 0 atom stereocenters. The van der Waals surface area contributed by atoms with Gasteiger partial charge in [-0.3, -0.25) is 14.4 Å². The summed E-state index contributed by atoms with van der Waals surface area (Å²) in [6.07, 6.45) is 0. The summed E-state index contributed by atoms with van der Waals surface area (Å²) in [6.45, 7) is 1.83. The number of rotatable bonds is 6. The van der Waals surface area contributed by atoms with E-state index < -0.39 is 27.5 Å². The summed E-state index contributed by atoms with van der Waals surface area (Å²) in [6, 6.07) is 24.7. The SMILES string of the molecule is Cc1ccc(S(=O)(=O)Oc2ccccc2C2=C(C(=O)c3ccc(Br)cc3)C(=O)c3ccccc3C2=O)cc1. The molecule has 0 spiro atoms. The standard InChI is InChI=1S/C30H19BrO6S/c1-18-10-16-21(17-11-18)38(35,36)37-25-9-5-4-8-24(25)26-27(28(32)19-12-14-20(31)15-13-19)30(34)23-7-3-2-6-22(23)29(26)33/h2-17H,1H3. The second-order valence-corrected chi connectivity index (χ2v) is 11.1. The number of aryl methyl sites for hydroxylation is 1. The van der Waals surface area contributed by atoms with E-state index in [-0.39, 0.29) is 44.0 Å². The van der Waals surface area contributed by atoms with E-state index >= 15 is 0 Å². The van der Waals surface area contributed by atoms with Crippen LogP contribution in [0.25, 0.3) is 5.57 Å². The highest BCUT2D eigenvalue weighted by molar-refractivity contribution is 9.10. The highest BCUT2D eigenvalue weighted by Gasteiger charge is 2.38. The summed E-state index contributed by atoms with van der Waals surface area (Å²) in [5.41, 5.74) is 0.763. The molecule has 188 valence electrons. The van der Waals surface area contributed by atoms with Crippen molar-refractivity contribution in [2.45, 2.75) is 11.8 Å². The van der Waals surface area contributed by atoms with Crippen molar-refractivity contribution in [1.82, 2.24) is 0 Å². The van der Waals surface area contributed by atoms with Crippen LogP contribution in [0.2, 0.25) is 0 Å². The van der Waals surface area contributed by atoms with Gasteiger partial charge in [0.05, 0.1) is 5.57 Å². The lowest BCUT2D eigenvalue weighted by Crippen LogP contribution is -2.26. The van der Waals surface area contributed by atoms with E-state index in [0.717, 1.165) is 10.0 Å². The van der Waals surface area contributed by atoms with E-state index in [0.29, 0.717) is 0 Å². The highest BCUT2D eigenvalue weighted by Crippen LogP contribution is 2.38. The largest absolute Gasteiger partial charge is 0.378 e. The molecule has 1 aliphatic rings. The first-order valence-electron chi connectivity index (χ1n) is 11.5. The summed E-state index contributed by atoms with van der Waals surface area (Å²) in [5, 5.41) is 0. The van der Waals surface area contributed by atoms with Crippen LogP contribution >= 0.6 is 15.9 Å². The summed E-state index contributed by atoms with van der Waals surface area (Å²) in [5.74, 6) is -2.04. The number of allylic oxidation sites excluding steroid dienone is 2. The Hall–Kier alpha value is -4.14. The molecule has 8 heteroatoms. The number of para-hydroxylation sites is 1. The van der Waals surface area contributed by atoms with Crippen LogP contribution in [-0.2, 0) is 10.1 Å². The molecule has 4 aromatic carbocycles. The van der Waals surface area contributed by atoms with Crippen LogP contribution in [0.15, 0.2) is 112 Å². The number of carbonyl (C=O) groups is 3. The van der Waals surface area contributed by atoms with Crippen molar-refractivity contribution in [1.29, 1.82) is 0 Å². The molecule has 0 radical (unpaired) electrons. The van der Waals surface area contributed by atoms with Crippen molar-refractivity contribution in [3.8, 4) is 5.75 Å². The third-order valence-corrected chi connectivity index (χ3v) is 7.90. The van der Waals surface area contributed by atoms with E-state index in [1.807, 2.05) is 6.92 Å². The Kier molecular flexibility index (Phi) is 6.69. The van der Waals surface area contributed by atoms with Gasteiger partial charge in [0.1, 0.15) is 4.90 Å². The van der Waals surface area contributed by atoms with E-state index in [4.69, 9.17) is 4.18 Å². The van der Waals surface area contributed by atoms with Crippen LogP contribution in [0, 0.1) is 6.92 Å². The van der Waals surface area contributed by atoms with Gasteiger partial charge in [-0.25, -0.2) is 0 Å². The van der Waals surface area contributed by atoms with Gasteiger partial charge in [-0.15, -0.1) is 0 Å². The fourth-order valence-electron chi connectivity index (χ4n) is 4.21. The molecule has 0 unspecified atom stereocenters. The molecule has 1 aliphatic carbocycles. The molecule has 0 fully saturated rings. The van der Waals surface area contributed by atoms with Gasteiger partial charge in [0.2, 0.25) is 0 Å². The average molecular weight is 587 g/mol. The molecule has 0 bridgehead atoms. The van der Waals surface area contributed by atoms with Crippen molar-refractivity contribution < 1.29 is 27.0 Å². The second-order valence-electron chi connectivity index (χ2n) is 8.64. The molecule has 4 aromatic rings. The maximum atomic E-state index is 13.8. The Balaban J connectivity index is 1.71. The van der Waals surface area contributed by atoms with Crippen molar-refractivity contribution in [2.24, 2.45) is 0 Å². The van der Waals surface area contributed by atoms with Crippen LogP contribution in [0.4, 0.5) is 0 Å². The van der Waals surface area contributed by atoms with Gasteiger partial charge >= 0.3 is 10.1 Å². The van der Waals surface area contributed by atoms with Crippen molar-refractivity contribution >= 4 is 49.0 Å². The van der Waals surface area contributed by atoms with E-state index in [1.54, 1.807) is 60.7 Å². The molecule has 0 aromatic heterocycles. The zero-order valence-electron chi connectivity index (χ0n) is 20.0. The average Bonchev–Trinajstić information content (AvgIpc) is 2.91. The molecule has 0 amide bonds. The van der Waals surface area contributed by atoms with Gasteiger partial charge < -0.3 is 4.18 Å². The molecule has 0 aliphatic heterocycles. The summed E-state index contributed by atoms with van der Waals surface area (Å²) in [4.78, 5) is 41.1. The highest BCUT2D eigenvalue weighted by atomic mass is 79.9. The number of ketones is 3. The van der Waals surface area contributed by atoms with Crippen LogP contribution in [0.1, 0.15) is 42.2 Å². The lowest BCUT2D eigenvalue weighted by Gasteiger charge is -2.22. The van der Waals surface area contributed by atoms with E-state index in [9.17, 15) is 22.8 Å². The maximum Gasteiger partial charge on any atom is 0.339 e. The molecule has 0 saturated carbocycles. The van der Waals surface area contributed by atoms with Gasteiger partial charge in [-0.05, 0) is 49.4 Å². The number of Topliss-reactive ketones (excluding diaryl/α,β-unsaturated/α-hetero) is 3. The number of hydrogen-bond acceptors (Lipinski definition) is 6. The minimum Gasteiger partial charge on any atom is -0.378 e. The third-order valence-electron chi connectivity index (χ3n) is 6.12. The lowest BCUT2D eigenvalue weighted by atomic mass is 9.78. The lowest BCUT2D eigenvalue weighted by molar-refractivity contribution is 0.0940. The molecule has 38 heavy (non-hydrogen) atoms. The number of fused-ring (bicyclic) bond motifs is 1. The first kappa shape index (κ1) is 25.5. The second kappa shape index (κ2) is 9.96. The minimum absolute atomic E-state index is 0.0245. The van der Waals surface area contributed by atoms with E-state index in [2.05, 4.69) is 15.9 Å². The van der Waals surface area contributed by atoms with Gasteiger partial charge in [0, 0.05) is 32.3 Å². The maximum absolute atomic E-state index is 13.8. The fourth-order valence-corrected chi connectivity index (χ4v) is 5.42. The van der Waals surface area contributed by atoms with Crippen LogP contribution in [-0.4, -0.2) is 25.8 Å². The Morgan fingerprint density at radius 3 is 1.89 bits per heavy atom. The zero-order valence-corrected chi connectivity index (χ0v) is 22.4. The summed E-state index contributed by atoms with van der Waals surface area (Å²) >= 11 is 3.32. The Bertz CT molecular complexity index is 1750. The zero-order chi connectivity index (χ0) is 27.0. The van der Waals surface area contributed by atoms with Gasteiger partial charge in [0.25, 0.3) is 0 Å². The molecular weight excluding hydrogens is 568 g/mol. The fraction of sp³-hybridized carbons (Fsp3) is 0.0333. The predicted molar refractivity (Wildman–Crippen MR) is 146 cm³/mol. The normalized spacial score (nSPS) is 13.3. The van der Waals surface area contributed by atoms with Crippen molar-refractivity contribution in [3.63, 3.8) is 0 Å². The molecule has 0 saturated heterocycles. The third kappa shape index (κ3) is 4.64. The molecular formula is C30H19BrO6S. The quantitative estimate of drug-likeness (QED) is 0.151. The molecule has 5 rings (SSSR count). The number of hydrogen-bond donors (Lipinski definition) is 0. The minimum atomic E-state index is -4.29. The smallest absolute Gasteiger partial charge is 0.339 e. The molecule has 6 nitrogen and oxygen atoms in total. The monoisotopic (exact) mass is 586 g/mol. The Morgan fingerprint density at radius 1 is 0.711 bits per heavy atom. The molecule has 0 N–H and O–H groups in total. The topological polar surface area (TPSA) is 94.6 Å². The summed E-state index contributed by atoms with van der Waals surface area (Å²) < 4.78 is 32.4. The van der Waals surface area contributed by atoms with Gasteiger partial charge in [0.15, 0.2) is 23.1 Å². The van der Waals surface area contributed by atoms with Crippen molar-refractivity contribution in [2.75, 3.05) is 0 Å². The first-order valence-corrected chi connectivity index (χ1v) is 13.7. The number of carbonyl (C=O) groups excluding carboxylic acids is 3. The van der Waals surface area contributed by atoms with Gasteiger partial charge in [-0.1, -0.05) is 76.1 Å². The Morgan fingerprint density at radius 2 is 1.26 bits per heavy atom. The van der Waals surface area contributed by atoms with E-state index in [1.165, 1.54) is 36.4 Å². The first-order chi connectivity index (χ1) is 18.2. The number of halogens is 1. The van der Waals surface area contributed by atoms with Gasteiger partial charge in [-0.2, -0.15) is 8.42 Å². The summed E-state index contributed by atoms with van der Waals surface area (Å²) in [7, 11) is -4.29. The molecule has 0 heterocycles. The number of benzene rings is 4. The Labute approximate surface area is 227 Å².